The minimum atomic E-state index is -0.0764. The number of nitrogen functional groups attached to an aromatic ring is 1. The van der Waals surface area contributed by atoms with Crippen molar-refractivity contribution in [3.05, 3.63) is 23.4 Å². The summed E-state index contributed by atoms with van der Waals surface area (Å²) in [6.07, 6.45) is 2.02. The lowest BCUT2D eigenvalue weighted by atomic mass is 10.0. The summed E-state index contributed by atoms with van der Waals surface area (Å²) in [6.45, 7) is 6.35. The molecule has 0 aromatic carbocycles. The van der Waals surface area contributed by atoms with E-state index in [1.807, 2.05) is 19.9 Å². The summed E-state index contributed by atoms with van der Waals surface area (Å²) < 4.78 is 5.31. The van der Waals surface area contributed by atoms with Crippen LogP contribution in [0.25, 0.3) is 0 Å². The first-order chi connectivity index (χ1) is 9.56. The number of nitrogens with one attached hydrogen (secondary N) is 1. The van der Waals surface area contributed by atoms with E-state index in [1.54, 1.807) is 6.07 Å². The highest BCUT2D eigenvalue weighted by Crippen LogP contribution is 2.17. The van der Waals surface area contributed by atoms with Gasteiger partial charge in [-0.1, -0.05) is 13.8 Å². The Morgan fingerprint density at radius 2 is 2.15 bits per heavy atom. The van der Waals surface area contributed by atoms with Crippen LogP contribution in [-0.4, -0.2) is 30.6 Å². The van der Waals surface area contributed by atoms with E-state index in [1.165, 1.54) is 0 Å². The Labute approximate surface area is 119 Å². The van der Waals surface area contributed by atoms with Gasteiger partial charge in [0.2, 0.25) is 0 Å². The molecule has 1 aromatic heterocycles. The Balaban J connectivity index is 1.97. The largest absolute Gasteiger partial charge is 0.384 e. The van der Waals surface area contributed by atoms with Crippen LogP contribution in [0.2, 0.25) is 0 Å². The number of carbonyl (C=O) groups is 1. The molecule has 5 nitrogen and oxygen atoms in total. The zero-order valence-corrected chi connectivity index (χ0v) is 12.2. The fourth-order valence-electron chi connectivity index (χ4n) is 2.29. The molecule has 2 rings (SSSR count). The van der Waals surface area contributed by atoms with Gasteiger partial charge in [0.05, 0.1) is 0 Å². The van der Waals surface area contributed by atoms with E-state index in [2.05, 4.69) is 10.3 Å². The molecule has 1 aliphatic heterocycles. The molecule has 0 atom stereocenters. The summed E-state index contributed by atoms with van der Waals surface area (Å²) in [7, 11) is 0. The van der Waals surface area contributed by atoms with Crippen molar-refractivity contribution in [3.63, 3.8) is 0 Å². The molecule has 1 aromatic rings. The van der Waals surface area contributed by atoms with Crippen LogP contribution in [0.5, 0.6) is 0 Å². The molecule has 5 heteroatoms. The molecule has 0 spiro atoms. The molecule has 1 aliphatic rings. The SMILES string of the molecule is CC(C)c1cc(C(=O)NCC2CCOCC2)cc(N)n1. The van der Waals surface area contributed by atoms with E-state index in [-0.39, 0.29) is 11.8 Å². The number of rotatable bonds is 4. The molecular formula is C15H23N3O2. The van der Waals surface area contributed by atoms with Gasteiger partial charge in [-0.2, -0.15) is 0 Å². The summed E-state index contributed by atoms with van der Waals surface area (Å²) >= 11 is 0. The van der Waals surface area contributed by atoms with Crippen LogP contribution in [0, 0.1) is 5.92 Å². The molecule has 0 aliphatic carbocycles. The minimum absolute atomic E-state index is 0.0764. The van der Waals surface area contributed by atoms with E-state index in [0.717, 1.165) is 31.7 Å². The zero-order valence-electron chi connectivity index (χ0n) is 12.2. The van der Waals surface area contributed by atoms with E-state index in [9.17, 15) is 4.79 Å². The van der Waals surface area contributed by atoms with E-state index in [0.29, 0.717) is 23.8 Å². The zero-order chi connectivity index (χ0) is 14.5. The maximum absolute atomic E-state index is 12.2. The van der Waals surface area contributed by atoms with Gasteiger partial charge in [0, 0.05) is 31.0 Å². The average molecular weight is 277 g/mol. The second kappa shape index (κ2) is 6.70. The Hall–Kier alpha value is -1.62. The van der Waals surface area contributed by atoms with Gasteiger partial charge in [-0.05, 0) is 36.8 Å². The van der Waals surface area contributed by atoms with E-state index < -0.39 is 0 Å². The molecule has 0 radical (unpaired) electrons. The first-order valence-electron chi connectivity index (χ1n) is 7.19. The Kier molecular flexibility index (Phi) is 4.95. The van der Waals surface area contributed by atoms with E-state index in [4.69, 9.17) is 10.5 Å². The first-order valence-corrected chi connectivity index (χ1v) is 7.19. The number of hydrogen-bond donors (Lipinski definition) is 2. The molecule has 1 saturated heterocycles. The van der Waals surface area contributed by atoms with Crippen molar-refractivity contribution in [1.29, 1.82) is 0 Å². The standard InChI is InChI=1S/C15H23N3O2/c1-10(2)13-7-12(8-14(16)18-13)15(19)17-9-11-3-5-20-6-4-11/h7-8,10-11H,3-6,9H2,1-2H3,(H2,16,18)(H,17,19). The third-order valence-electron chi connectivity index (χ3n) is 3.61. The first kappa shape index (κ1) is 14.8. The summed E-state index contributed by atoms with van der Waals surface area (Å²) in [6, 6.07) is 3.45. The van der Waals surface area contributed by atoms with Crippen molar-refractivity contribution in [2.45, 2.75) is 32.6 Å². The molecule has 20 heavy (non-hydrogen) atoms. The smallest absolute Gasteiger partial charge is 0.251 e. The summed E-state index contributed by atoms with van der Waals surface area (Å²) in [5, 5.41) is 2.98. The highest BCUT2D eigenvalue weighted by atomic mass is 16.5. The predicted octanol–water partition coefficient (Wildman–Crippen LogP) is 1.94. The third kappa shape index (κ3) is 3.93. The van der Waals surface area contributed by atoms with Gasteiger partial charge in [0.25, 0.3) is 5.91 Å². The van der Waals surface area contributed by atoms with Crippen LogP contribution in [-0.2, 0) is 4.74 Å². The normalized spacial score (nSPS) is 16.4. The number of ether oxygens (including phenoxy) is 1. The monoisotopic (exact) mass is 277 g/mol. The molecule has 0 bridgehead atoms. The number of anilines is 1. The third-order valence-corrected chi connectivity index (χ3v) is 3.61. The van der Waals surface area contributed by atoms with Crippen LogP contribution in [0.4, 0.5) is 5.82 Å². The minimum Gasteiger partial charge on any atom is -0.384 e. The van der Waals surface area contributed by atoms with Gasteiger partial charge in [0.1, 0.15) is 5.82 Å². The van der Waals surface area contributed by atoms with E-state index >= 15 is 0 Å². The fourth-order valence-corrected chi connectivity index (χ4v) is 2.29. The van der Waals surface area contributed by atoms with Gasteiger partial charge in [-0.15, -0.1) is 0 Å². The van der Waals surface area contributed by atoms with Gasteiger partial charge < -0.3 is 15.8 Å². The highest BCUT2D eigenvalue weighted by molar-refractivity contribution is 5.94. The number of aromatic nitrogens is 1. The number of carbonyl (C=O) groups excluding carboxylic acids is 1. The number of hydrogen-bond acceptors (Lipinski definition) is 4. The van der Waals surface area contributed by atoms with Gasteiger partial charge >= 0.3 is 0 Å². The van der Waals surface area contributed by atoms with Crippen LogP contribution in [0.15, 0.2) is 12.1 Å². The summed E-state index contributed by atoms with van der Waals surface area (Å²) in [5.41, 5.74) is 7.21. The number of pyridine rings is 1. The maximum Gasteiger partial charge on any atom is 0.251 e. The predicted molar refractivity (Wildman–Crippen MR) is 78.6 cm³/mol. The second-order valence-corrected chi connectivity index (χ2v) is 5.63. The second-order valence-electron chi connectivity index (χ2n) is 5.63. The van der Waals surface area contributed by atoms with Crippen molar-refractivity contribution in [1.82, 2.24) is 10.3 Å². The molecule has 110 valence electrons. The maximum atomic E-state index is 12.2. The van der Waals surface area contributed by atoms with Crippen LogP contribution < -0.4 is 11.1 Å². The van der Waals surface area contributed by atoms with Crippen LogP contribution in [0.1, 0.15) is 48.7 Å². The van der Waals surface area contributed by atoms with Crippen LogP contribution in [0.3, 0.4) is 0 Å². The van der Waals surface area contributed by atoms with Gasteiger partial charge in [0.15, 0.2) is 0 Å². The van der Waals surface area contributed by atoms with Crippen LogP contribution >= 0.6 is 0 Å². The fraction of sp³-hybridized carbons (Fsp3) is 0.600. The topological polar surface area (TPSA) is 77.2 Å². The molecular weight excluding hydrogens is 254 g/mol. The number of nitrogens with two attached hydrogens (primary N) is 1. The van der Waals surface area contributed by atoms with Gasteiger partial charge in [-0.3, -0.25) is 4.79 Å². The van der Waals surface area contributed by atoms with Crippen molar-refractivity contribution in [2.24, 2.45) is 5.92 Å². The highest BCUT2D eigenvalue weighted by Gasteiger charge is 2.16. The van der Waals surface area contributed by atoms with Crippen molar-refractivity contribution in [2.75, 3.05) is 25.5 Å². The Morgan fingerprint density at radius 3 is 2.80 bits per heavy atom. The van der Waals surface area contributed by atoms with Crippen molar-refractivity contribution in [3.8, 4) is 0 Å². The Morgan fingerprint density at radius 1 is 1.45 bits per heavy atom. The quantitative estimate of drug-likeness (QED) is 0.881. The summed E-state index contributed by atoms with van der Waals surface area (Å²) in [4.78, 5) is 16.4. The lowest BCUT2D eigenvalue weighted by Crippen LogP contribution is -2.32. The molecule has 0 unspecified atom stereocenters. The lowest BCUT2D eigenvalue weighted by molar-refractivity contribution is 0.0642. The molecule has 1 fully saturated rings. The summed E-state index contributed by atoms with van der Waals surface area (Å²) in [5.74, 6) is 1.08. The molecule has 3 N–H and O–H groups in total. The number of nitrogens with zero attached hydrogens (tertiary/aromatic N) is 1. The van der Waals surface area contributed by atoms with Crippen molar-refractivity contribution >= 4 is 11.7 Å². The Bertz CT molecular complexity index is 468. The number of amides is 1. The lowest BCUT2D eigenvalue weighted by Gasteiger charge is -2.22. The molecule has 0 saturated carbocycles. The van der Waals surface area contributed by atoms with Crippen molar-refractivity contribution < 1.29 is 9.53 Å². The average Bonchev–Trinajstić information content (AvgIpc) is 2.45. The molecule has 1 amide bonds. The molecule has 2 heterocycles. The van der Waals surface area contributed by atoms with Gasteiger partial charge in [-0.25, -0.2) is 4.98 Å².